The van der Waals surface area contributed by atoms with Crippen LogP contribution in [-0.4, -0.2) is 121 Å². The molecule has 14 rings (SSSR count). The third-order valence-electron chi connectivity index (χ3n) is 16.9. The molecule has 0 spiro atoms. The lowest BCUT2D eigenvalue weighted by molar-refractivity contribution is -0.207. The summed E-state index contributed by atoms with van der Waals surface area (Å²) >= 11 is 0. The molecule has 16 nitrogen and oxygen atoms in total. The van der Waals surface area contributed by atoms with Crippen LogP contribution in [-0.2, 0) is 62.9 Å². The first kappa shape index (κ1) is 52.2. The van der Waals surface area contributed by atoms with Crippen LogP contribution in [0.4, 0.5) is 11.4 Å². The highest BCUT2D eigenvalue weighted by atomic mass is 32.2. The largest absolute Gasteiger partial charge is 0.365 e. The minimum Gasteiger partial charge on any atom is -0.365 e. The number of hydrogen-bond acceptors (Lipinski definition) is 10. The van der Waals surface area contributed by atoms with Crippen LogP contribution in [0.3, 0.4) is 0 Å². The molecule has 0 saturated carbocycles. The first-order valence-corrected chi connectivity index (χ1v) is 27.9. The van der Waals surface area contributed by atoms with Crippen molar-refractivity contribution in [3.05, 3.63) is 203 Å². The number of amides is 4. The van der Waals surface area contributed by atoms with Crippen LogP contribution < -0.4 is 8.61 Å². The van der Waals surface area contributed by atoms with Crippen molar-refractivity contribution >= 4 is 66.2 Å². The van der Waals surface area contributed by atoms with Gasteiger partial charge in [-0.2, -0.15) is 0 Å². The maximum Gasteiger partial charge on any atom is 0.278 e. The second-order valence-electron chi connectivity index (χ2n) is 20.6. The van der Waals surface area contributed by atoms with Crippen molar-refractivity contribution in [2.45, 2.75) is 91.5 Å². The van der Waals surface area contributed by atoms with E-state index in [9.17, 15) is 46.2 Å². The predicted octanol–water partition coefficient (Wildman–Crippen LogP) is 6.25. The predicted molar refractivity (Wildman–Crippen MR) is 294 cm³/mol. The number of carbonyl (C=O) groups is 4. The van der Waals surface area contributed by atoms with Gasteiger partial charge in [0.25, 0.3) is 31.9 Å². The van der Waals surface area contributed by atoms with Gasteiger partial charge in [-0.3, -0.25) is 24.1 Å². The van der Waals surface area contributed by atoms with Crippen molar-refractivity contribution in [1.82, 2.24) is 19.6 Å². The van der Waals surface area contributed by atoms with Gasteiger partial charge < -0.3 is 24.9 Å². The maximum absolute atomic E-state index is 14.4. The van der Waals surface area contributed by atoms with Crippen molar-refractivity contribution < 1.29 is 46.2 Å². The Morgan fingerprint density at radius 1 is 0.551 bits per heavy atom. The number of allylic oxidation sites excluding steroid dienone is 2. The number of fused-ring (bicyclic) bond motifs is 12. The Labute approximate surface area is 453 Å². The highest BCUT2D eigenvalue weighted by molar-refractivity contribution is 7.93. The number of para-hydroxylation sites is 2. The van der Waals surface area contributed by atoms with Crippen LogP contribution in [0.15, 0.2) is 180 Å². The van der Waals surface area contributed by atoms with Crippen molar-refractivity contribution in [3.8, 4) is 0 Å². The van der Waals surface area contributed by atoms with E-state index >= 15 is 0 Å². The summed E-state index contributed by atoms with van der Waals surface area (Å²) in [5.74, 6) is -2.22. The van der Waals surface area contributed by atoms with Gasteiger partial charge in [0.15, 0.2) is 0 Å². The summed E-state index contributed by atoms with van der Waals surface area (Å²) < 4.78 is 60.0. The zero-order valence-electron chi connectivity index (χ0n) is 41.2. The topological polar surface area (TPSA) is 196 Å². The quantitative estimate of drug-likeness (QED) is 0.192. The van der Waals surface area contributed by atoms with Crippen molar-refractivity contribution in [1.29, 1.82) is 0 Å². The first-order valence-electron chi connectivity index (χ1n) is 25.0. The number of anilines is 2. The molecule has 2 aliphatic carbocycles. The molecule has 2 N–H and O–H groups in total. The van der Waals surface area contributed by atoms with Gasteiger partial charge in [-0.25, -0.2) is 25.4 Å². The Bertz CT molecular complexity index is 3820. The molecule has 78 heavy (non-hydrogen) atoms. The normalized spacial score (nSPS) is 27.0. The Morgan fingerprint density at radius 3 is 1.54 bits per heavy atom. The highest BCUT2D eigenvalue weighted by Crippen LogP contribution is 2.66. The van der Waals surface area contributed by atoms with Gasteiger partial charge in [0.1, 0.15) is 18.4 Å². The van der Waals surface area contributed by atoms with Crippen molar-refractivity contribution in [2.75, 3.05) is 29.3 Å². The molecule has 4 fully saturated rings. The number of hydrogen-bond donors (Lipinski definition) is 2. The molecule has 4 amide bonds. The molecule has 6 heterocycles. The van der Waals surface area contributed by atoms with Crippen molar-refractivity contribution in [2.24, 2.45) is 0 Å². The van der Waals surface area contributed by atoms with E-state index in [0.29, 0.717) is 29.8 Å². The summed E-state index contributed by atoms with van der Waals surface area (Å²) in [6.45, 7) is -0.0763. The van der Waals surface area contributed by atoms with Gasteiger partial charge in [-0.05, 0) is 100 Å². The van der Waals surface area contributed by atoms with Gasteiger partial charge in [-0.1, -0.05) is 148 Å². The molecule has 6 aromatic carbocycles. The summed E-state index contributed by atoms with van der Waals surface area (Å²) in [5, 5.41) is 22.8. The fourth-order valence-electron chi connectivity index (χ4n) is 13.8. The van der Waals surface area contributed by atoms with Gasteiger partial charge in [0, 0.05) is 20.5 Å². The average molecular weight is 1090 g/mol. The van der Waals surface area contributed by atoms with Gasteiger partial charge in [0.05, 0.1) is 38.5 Å². The van der Waals surface area contributed by atoms with E-state index in [2.05, 4.69) is 18.2 Å². The van der Waals surface area contributed by atoms with Crippen LogP contribution in [0.5, 0.6) is 0 Å². The number of piperazine rings is 2. The number of likely N-dealkylation sites (N-methyl/N-ethyl adjacent to an activating group) is 2. The fourth-order valence-corrected chi connectivity index (χ4v) is 17.1. The number of aliphatic hydroxyl groups is 2. The van der Waals surface area contributed by atoms with E-state index in [1.807, 2.05) is 66.7 Å². The van der Waals surface area contributed by atoms with E-state index in [1.165, 1.54) is 28.4 Å². The molecule has 4 saturated heterocycles. The molecular weight excluding hydrogens is 1030 g/mol. The fraction of sp³-hybridized carbons (Fsp3) is 0.267. The second-order valence-corrected chi connectivity index (χ2v) is 24.2. The van der Waals surface area contributed by atoms with Crippen LogP contribution in [0.25, 0.3) is 11.1 Å². The van der Waals surface area contributed by atoms with E-state index in [0.717, 1.165) is 59.5 Å². The van der Waals surface area contributed by atoms with Gasteiger partial charge in [-0.15, -0.1) is 0 Å². The number of aliphatic hydroxyl groups excluding tert-OH is 1. The van der Waals surface area contributed by atoms with Crippen LogP contribution in [0, 0.1) is 0 Å². The Morgan fingerprint density at radius 2 is 1.00 bits per heavy atom. The van der Waals surface area contributed by atoms with Crippen molar-refractivity contribution in [3.63, 3.8) is 0 Å². The lowest BCUT2D eigenvalue weighted by Crippen LogP contribution is -2.71. The van der Waals surface area contributed by atoms with E-state index < -0.39 is 73.0 Å². The molecule has 0 radical (unpaired) electrons. The summed E-state index contributed by atoms with van der Waals surface area (Å²) in [6.07, 6.45) is 1.40. The van der Waals surface area contributed by atoms with Gasteiger partial charge >= 0.3 is 0 Å². The van der Waals surface area contributed by atoms with Crippen LogP contribution in [0.2, 0.25) is 0 Å². The third-order valence-corrected chi connectivity index (χ3v) is 20.5. The summed E-state index contributed by atoms with van der Waals surface area (Å²) in [5.41, 5.74) is 3.59. The average Bonchev–Trinajstić information content (AvgIpc) is 2.31. The molecule has 8 aliphatic rings. The monoisotopic (exact) mass is 1090 g/mol. The molecular formula is C60H58N6O10S2. The summed E-state index contributed by atoms with van der Waals surface area (Å²) in [4.78, 5) is 59.3. The molecule has 400 valence electrons. The first-order chi connectivity index (χ1) is 36.5. The smallest absolute Gasteiger partial charge is 0.278 e. The number of sulfonamides is 2. The minimum absolute atomic E-state index is 0. The molecule has 18 heteroatoms. The van der Waals surface area contributed by atoms with E-state index in [4.69, 9.17) is 0 Å². The Hall–Kier alpha value is -7.90. The maximum atomic E-state index is 14.4. The SMILES string of the molecule is C.C.CN1C(=O)[C@]2(O)C[C@]3(C4=CCc5ccccc54)c4ccccc4N(S(=O)(=O)c4ccccc4)[C@@H]3N2C(=O)[C@H]1O.CN1CC(=O)N2[C@@H](C[C@]3(C4=CCc5ccccc54)c4ccccc4N(S(=O)(=O)c4ccccc4)[C@H]23)C1=O. The highest BCUT2D eigenvalue weighted by Gasteiger charge is 2.75. The van der Waals surface area contributed by atoms with E-state index in [-0.39, 0.29) is 49.4 Å². The van der Waals surface area contributed by atoms with Crippen LogP contribution in [0.1, 0.15) is 61.1 Å². The zero-order chi connectivity index (χ0) is 52.8. The molecule has 0 unspecified atom stereocenters. The zero-order valence-corrected chi connectivity index (χ0v) is 42.8. The van der Waals surface area contributed by atoms with Gasteiger partial charge in [0.2, 0.25) is 23.8 Å². The lowest BCUT2D eigenvalue weighted by Gasteiger charge is -2.46. The number of carbonyl (C=O) groups excluding carboxylic acids is 4. The lowest BCUT2D eigenvalue weighted by atomic mass is 9.70. The Kier molecular flexibility index (Phi) is 12.1. The number of rotatable bonds is 6. The van der Waals surface area contributed by atoms with Crippen LogP contribution >= 0.6 is 0 Å². The third kappa shape index (κ3) is 6.75. The molecule has 7 atom stereocenters. The molecule has 0 bridgehead atoms. The number of nitrogens with zero attached hydrogens (tertiary/aromatic N) is 6. The molecule has 0 aromatic heterocycles. The standard InChI is InChI=1S/C29H25N3O6S.C29H25N3O4S.2CH4/c1-30-24(33)25(34)31-26-28(17-29(31,36)27(30)35,21-16-15-18-9-5-6-12-20(18)21)22-13-7-8-14-23(22)32(26)39(37,38)19-10-3-2-4-11-19;1-30-18-26(33)31-25(27(30)34)17-29(22-16-15-19-9-5-6-12-21(19)22)23-13-7-8-14-24(23)32(28(29)31)37(35,36)20-10-3-2-4-11-20;;/h2-14,16,24,26,33,36H,15,17H2,1H3;2-14,16,25,28H,15,17-18H2,1H3;2*1H4/t24-,26+,28+,29-;25-,28-,29-;;/m10../s1. The minimum atomic E-state index is -4.31. The number of benzene rings is 6. The summed E-state index contributed by atoms with van der Waals surface area (Å²) in [7, 11) is -5.49. The second kappa shape index (κ2) is 18.1. The summed E-state index contributed by atoms with van der Waals surface area (Å²) in [6, 6.07) is 45.7. The molecule has 6 aliphatic heterocycles. The van der Waals surface area contributed by atoms with E-state index in [1.54, 1.807) is 84.7 Å². The molecule has 6 aromatic rings. The Balaban J connectivity index is 0.000000162.